The lowest BCUT2D eigenvalue weighted by atomic mass is 10.3. The van der Waals surface area contributed by atoms with Crippen LogP contribution in [0.4, 0.5) is 0 Å². The van der Waals surface area contributed by atoms with Crippen molar-refractivity contribution in [2.45, 2.75) is 13.8 Å². The Balaban J connectivity index is 4.23. The van der Waals surface area contributed by atoms with Gasteiger partial charge in [0.2, 0.25) is 0 Å². The quantitative estimate of drug-likeness (QED) is 0.612. The van der Waals surface area contributed by atoms with Gasteiger partial charge in [0.1, 0.15) is 0 Å². The number of carbonyl (C=O) groups excluding carboxylic acids is 1. The molecule has 3 heteroatoms. The molecule has 0 aliphatic rings. The highest BCUT2D eigenvalue weighted by atomic mass is 79.9. The second-order valence-corrected chi connectivity index (χ2v) is 2.35. The van der Waals surface area contributed by atoms with E-state index in [4.69, 9.17) is 5.73 Å². The number of hydrogen-bond donors (Lipinski definition) is 1. The third-order valence-corrected chi connectivity index (χ3v) is 1.84. The van der Waals surface area contributed by atoms with E-state index < -0.39 is 0 Å². The van der Waals surface area contributed by atoms with Gasteiger partial charge < -0.3 is 5.73 Å². The molecule has 0 saturated carbocycles. The molecular formula is C5H8BrNO. The standard InChI is InChI=1S/C5H8BrNO/c1-3(7)5(6)4(2)8/h7H2,1-2H3/b5-3-. The van der Waals surface area contributed by atoms with Crippen molar-refractivity contribution >= 4 is 21.7 Å². The van der Waals surface area contributed by atoms with E-state index in [1.54, 1.807) is 6.92 Å². The molecule has 0 aromatic carbocycles. The van der Waals surface area contributed by atoms with Crippen molar-refractivity contribution < 1.29 is 4.79 Å². The van der Waals surface area contributed by atoms with Crippen molar-refractivity contribution in [3.63, 3.8) is 0 Å². The molecule has 0 unspecified atom stereocenters. The van der Waals surface area contributed by atoms with Gasteiger partial charge in [0.05, 0.1) is 4.48 Å². The third-order valence-electron chi connectivity index (χ3n) is 0.655. The summed E-state index contributed by atoms with van der Waals surface area (Å²) in [6.07, 6.45) is 0. The van der Waals surface area contributed by atoms with Gasteiger partial charge in [-0.1, -0.05) is 0 Å². The molecule has 0 aliphatic heterocycles. The first-order valence-electron chi connectivity index (χ1n) is 2.18. The molecule has 0 fully saturated rings. The molecule has 0 spiro atoms. The van der Waals surface area contributed by atoms with E-state index in [9.17, 15) is 4.79 Å². The summed E-state index contributed by atoms with van der Waals surface area (Å²) in [5, 5.41) is 0. The number of nitrogens with two attached hydrogens (primary N) is 1. The number of hydrogen-bond acceptors (Lipinski definition) is 2. The number of halogens is 1. The second-order valence-electron chi connectivity index (χ2n) is 1.55. The molecule has 0 radical (unpaired) electrons. The average molecular weight is 178 g/mol. The van der Waals surface area contributed by atoms with Crippen LogP contribution in [0.3, 0.4) is 0 Å². The van der Waals surface area contributed by atoms with Gasteiger partial charge in [-0.2, -0.15) is 0 Å². The Labute approximate surface area is 56.9 Å². The first-order chi connectivity index (χ1) is 3.55. The molecule has 0 saturated heterocycles. The highest BCUT2D eigenvalue weighted by Crippen LogP contribution is 2.07. The minimum Gasteiger partial charge on any atom is -0.401 e. The number of allylic oxidation sites excluding steroid dienone is 2. The van der Waals surface area contributed by atoms with Crippen LogP contribution in [0.25, 0.3) is 0 Å². The van der Waals surface area contributed by atoms with Crippen molar-refractivity contribution in [3.05, 3.63) is 10.2 Å². The average Bonchev–Trinajstić information content (AvgIpc) is 1.64. The maximum Gasteiger partial charge on any atom is 0.168 e. The van der Waals surface area contributed by atoms with Gasteiger partial charge in [-0.25, -0.2) is 0 Å². The van der Waals surface area contributed by atoms with Crippen LogP contribution in [0.1, 0.15) is 13.8 Å². The normalized spacial score (nSPS) is 12.9. The zero-order valence-corrected chi connectivity index (χ0v) is 6.45. The van der Waals surface area contributed by atoms with Gasteiger partial charge >= 0.3 is 0 Å². The molecule has 0 aliphatic carbocycles. The highest BCUT2D eigenvalue weighted by molar-refractivity contribution is 9.12. The van der Waals surface area contributed by atoms with Gasteiger partial charge in [-0.05, 0) is 29.8 Å². The van der Waals surface area contributed by atoms with Crippen molar-refractivity contribution in [2.75, 3.05) is 0 Å². The molecule has 0 bridgehead atoms. The summed E-state index contributed by atoms with van der Waals surface area (Å²) in [6.45, 7) is 3.13. The number of rotatable bonds is 1. The minimum atomic E-state index is -0.0370. The minimum absolute atomic E-state index is 0.0370. The van der Waals surface area contributed by atoms with Crippen LogP contribution >= 0.6 is 15.9 Å². The predicted octanol–water partition coefficient (Wildman–Crippen LogP) is 1.16. The maximum absolute atomic E-state index is 10.4. The lowest BCUT2D eigenvalue weighted by molar-refractivity contribution is -0.112. The lowest BCUT2D eigenvalue weighted by Crippen LogP contribution is -1.99. The molecule has 0 aromatic rings. The Morgan fingerprint density at radius 3 is 1.88 bits per heavy atom. The van der Waals surface area contributed by atoms with Crippen LogP contribution in [0.5, 0.6) is 0 Å². The second kappa shape index (κ2) is 2.87. The lowest BCUT2D eigenvalue weighted by Gasteiger charge is -1.92. The Bertz CT molecular complexity index is 135. The maximum atomic E-state index is 10.4. The summed E-state index contributed by atoms with van der Waals surface area (Å²) in [4.78, 5) is 10.4. The molecule has 46 valence electrons. The molecule has 0 rings (SSSR count). The predicted molar refractivity (Wildman–Crippen MR) is 36.5 cm³/mol. The van der Waals surface area contributed by atoms with Crippen LogP contribution in [0.2, 0.25) is 0 Å². The Morgan fingerprint density at radius 1 is 1.50 bits per heavy atom. The summed E-state index contributed by atoms with van der Waals surface area (Å²) in [5.74, 6) is -0.0370. The van der Waals surface area contributed by atoms with E-state index >= 15 is 0 Å². The SMILES string of the molecule is CC(=O)/C(Br)=C(\C)N. The summed E-state index contributed by atoms with van der Waals surface area (Å²) in [5.41, 5.74) is 5.77. The molecule has 0 atom stereocenters. The van der Waals surface area contributed by atoms with Crippen LogP contribution < -0.4 is 5.73 Å². The topological polar surface area (TPSA) is 43.1 Å². The van der Waals surface area contributed by atoms with E-state index in [0.29, 0.717) is 10.2 Å². The Morgan fingerprint density at radius 2 is 1.88 bits per heavy atom. The number of ketones is 1. The molecule has 0 heterocycles. The van der Waals surface area contributed by atoms with Gasteiger partial charge in [0, 0.05) is 5.70 Å². The Hall–Kier alpha value is -0.310. The van der Waals surface area contributed by atoms with Gasteiger partial charge in [0.15, 0.2) is 5.78 Å². The fraction of sp³-hybridized carbons (Fsp3) is 0.400. The monoisotopic (exact) mass is 177 g/mol. The summed E-state index contributed by atoms with van der Waals surface area (Å²) in [7, 11) is 0. The molecule has 2 nitrogen and oxygen atoms in total. The number of Topliss-reactive ketones (excluding diaryl/α,β-unsaturated/α-hetero) is 1. The molecule has 0 aromatic heterocycles. The highest BCUT2D eigenvalue weighted by Gasteiger charge is 1.98. The van der Waals surface area contributed by atoms with Crippen molar-refractivity contribution in [2.24, 2.45) is 5.73 Å². The molecule has 8 heavy (non-hydrogen) atoms. The van der Waals surface area contributed by atoms with E-state index in [0.717, 1.165) is 0 Å². The van der Waals surface area contributed by atoms with Gasteiger partial charge in [-0.15, -0.1) is 0 Å². The van der Waals surface area contributed by atoms with E-state index in [2.05, 4.69) is 15.9 Å². The third kappa shape index (κ3) is 2.12. The Kier molecular flexibility index (Phi) is 2.76. The van der Waals surface area contributed by atoms with E-state index in [1.165, 1.54) is 6.92 Å². The fourth-order valence-electron chi connectivity index (χ4n) is 0.278. The molecule has 0 amide bonds. The van der Waals surface area contributed by atoms with Crippen LogP contribution in [0.15, 0.2) is 10.2 Å². The summed E-state index contributed by atoms with van der Waals surface area (Å²) >= 11 is 3.01. The zero-order chi connectivity index (χ0) is 6.73. The number of carbonyl (C=O) groups is 1. The summed E-state index contributed by atoms with van der Waals surface area (Å²) < 4.78 is 0.470. The van der Waals surface area contributed by atoms with E-state index in [1.807, 2.05) is 0 Å². The van der Waals surface area contributed by atoms with Crippen molar-refractivity contribution in [1.82, 2.24) is 0 Å². The molecule has 2 N–H and O–H groups in total. The first kappa shape index (κ1) is 7.69. The van der Waals surface area contributed by atoms with Gasteiger partial charge in [0.25, 0.3) is 0 Å². The smallest absolute Gasteiger partial charge is 0.168 e. The van der Waals surface area contributed by atoms with Crippen LogP contribution in [0, 0.1) is 0 Å². The van der Waals surface area contributed by atoms with Crippen molar-refractivity contribution in [1.29, 1.82) is 0 Å². The fourth-order valence-corrected chi connectivity index (χ4v) is 0.278. The van der Waals surface area contributed by atoms with Crippen LogP contribution in [-0.4, -0.2) is 5.78 Å². The van der Waals surface area contributed by atoms with Crippen molar-refractivity contribution in [3.8, 4) is 0 Å². The van der Waals surface area contributed by atoms with Crippen LogP contribution in [-0.2, 0) is 4.79 Å². The van der Waals surface area contributed by atoms with E-state index in [-0.39, 0.29) is 5.78 Å². The zero-order valence-electron chi connectivity index (χ0n) is 4.86. The largest absolute Gasteiger partial charge is 0.401 e. The molecular weight excluding hydrogens is 170 g/mol. The summed E-state index contributed by atoms with van der Waals surface area (Å²) in [6, 6.07) is 0. The van der Waals surface area contributed by atoms with Gasteiger partial charge in [-0.3, -0.25) is 4.79 Å². The first-order valence-corrected chi connectivity index (χ1v) is 2.97.